The molecule has 0 bridgehead atoms. The van der Waals surface area contributed by atoms with Crippen molar-refractivity contribution in [3.05, 3.63) is 32.6 Å². The Morgan fingerprint density at radius 1 is 1.44 bits per heavy atom. The van der Waals surface area contributed by atoms with Gasteiger partial charge in [-0.05, 0) is 70.2 Å². The molecular weight excluding hydrogens is 360 g/mol. The Hall–Kier alpha value is -0.100. The van der Waals surface area contributed by atoms with Crippen molar-refractivity contribution < 1.29 is 4.42 Å². The van der Waals surface area contributed by atoms with Gasteiger partial charge in [0.15, 0.2) is 4.67 Å². The highest BCUT2D eigenvalue weighted by molar-refractivity contribution is 9.13. The van der Waals surface area contributed by atoms with Gasteiger partial charge >= 0.3 is 0 Å². The largest absolute Gasteiger partial charge is 0.451 e. The molecule has 1 aromatic rings. The first-order chi connectivity index (χ1) is 8.70. The van der Waals surface area contributed by atoms with Crippen LogP contribution < -0.4 is 11.1 Å². The number of hydrogen-bond donors (Lipinski definition) is 2. The molecule has 1 unspecified atom stereocenters. The van der Waals surface area contributed by atoms with Gasteiger partial charge in [-0.2, -0.15) is 0 Å². The highest BCUT2D eigenvalue weighted by Gasteiger charge is 2.16. The number of hydrogen-bond acceptors (Lipinski definition) is 3. The predicted molar refractivity (Wildman–Crippen MR) is 80.5 cm³/mol. The van der Waals surface area contributed by atoms with Gasteiger partial charge < -0.3 is 15.5 Å². The Kier molecular flexibility index (Phi) is 5.48. The summed E-state index contributed by atoms with van der Waals surface area (Å²) < 4.78 is 7.25. The Labute approximate surface area is 124 Å². The van der Waals surface area contributed by atoms with Crippen LogP contribution in [0, 0.1) is 0 Å². The molecule has 100 valence electrons. The summed E-state index contributed by atoms with van der Waals surface area (Å²) in [6.45, 7) is 1.48. The molecule has 5 heteroatoms. The molecule has 0 aliphatic heterocycles. The maximum Gasteiger partial charge on any atom is 0.183 e. The maximum atomic E-state index is 5.79. The van der Waals surface area contributed by atoms with E-state index in [4.69, 9.17) is 10.2 Å². The number of rotatable bonds is 6. The molecule has 0 fully saturated rings. The monoisotopic (exact) mass is 376 g/mol. The Morgan fingerprint density at radius 2 is 2.28 bits per heavy atom. The molecule has 3 N–H and O–H groups in total. The van der Waals surface area contributed by atoms with Gasteiger partial charge in [0.05, 0.1) is 10.5 Å². The van der Waals surface area contributed by atoms with Crippen molar-refractivity contribution in [2.45, 2.75) is 31.7 Å². The summed E-state index contributed by atoms with van der Waals surface area (Å²) in [6, 6.07) is 2.04. The Morgan fingerprint density at radius 3 is 2.83 bits per heavy atom. The van der Waals surface area contributed by atoms with Crippen LogP contribution in [0.15, 0.2) is 31.3 Å². The predicted octanol–water partition coefficient (Wildman–Crippen LogP) is 3.89. The average Bonchev–Trinajstić information content (AvgIpc) is 2.96. The lowest BCUT2D eigenvalue weighted by molar-refractivity contribution is 0.406. The molecule has 0 spiro atoms. The fourth-order valence-corrected chi connectivity index (χ4v) is 2.81. The fourth-order valence-electron chi connectivity index (χ4n) is 2.21. The van der Waals surface area contributed by atoms with Crippen LogP contribution in [0.25, 0.3) is 0 Å². The summed E-state index contributed by atoms with van der Waals surface area (Å²) in [5, 5.41) is 3.45. The number of nitrogens with one attached hydrogen (secondary N) is 1. The van der Waals surface area contributed by atoms with Crippen LogP contribution in [0.5, 0.6) is 0 Å². The fraction of sp³-hybridized carbons (Fsp3) is 0.538. The molecule has 1 heterocycles. The lowest BCUT2D eigenvalue weighted by atomic mass is 10.1. The van der Waals surface area contributed by atoms with E-state index < -0.39 is 0 Å². The molecule has 18 heavy (non-hydrogen) atoms. The highest BCUT2D eigenvalue weighted by Crippen LogP contribution is 2.29. The summed E-state index contributed by atoms with van der Waals surface area (Å²) in [5.74, 6) is 0.872. The molecule has 1 aromatic heterocycles. The number of halogens is 2. The maximum absolute atomic E-state index is 5.79. The minimum atomic E-state index is 0.0783. The van der Waals surface area contributed by atoms with Gasteiger partial charge in [0.25, 0.3) is 0 Å². The average molecular weight is 378 g/mol. The van der Waals surface area contributed by atoms with Crippen molar-refractivity contribution in [2.75, 3.05) is 13.1 Å². The van der Waals surface area contributed by atoms with Gasteiger partial charge in [-0.15, -0.1) is 0 Å². The second-order valence-corrected chi connectivity index (χ2v) is 6.09. The van der Waals surface area contributed by atoms with E-state index in [1.807, 2.05) is 6.07 Å². The summed E-state index contributed by atoms with van der Waals surface area (Å²) in [4.78, 5) is 0. The summed E-state index contributed by atoms with van der Waals surface area (Å²) in [6.07, 6.45) is 7.28. The molecular formula is C13H18Br2N2O. The normalized spacial score (nSPS) is 16.9. The second-order valence-electron chi connectivity index (χ2n) is 4.52. The van der Waals surface area contributed by atoms with E-state index in [0.29, 0.717) is 6.54 Å². The van der Waals surface area contributed by atoms with E-state index in [-0.39, 0.29) is 6.04 Å². The SMILES string of the molecule is NCC(NCCC1=CCCC1)c1cc(Br)c(Br)o1. The van der Waals surface area contributed by atoms with Crippen LogP contribution in [0.1, 0.15) is 37.5 Å². The summed E-state index contributed by atoms with van der Waals surface area (Å²) in [7, 11) is 0. The van der Waals surface area contributed by atoms with E-state index in [1.165, 1.54) is 19.3 Å². The zero-order chi connectivity index (χ0) is 13.0. The molecule has 2 rings (SSSR count). The quantitative estimate of drug-likeness (QED) is 0.739. The van der Waals surface area contributed by atoms with Crippen molar-refractivity contribution in [3.8, 4) is 0 Å². The third-order valence-electron chi connectivity index (χ3n) is 3.22. The van der Waals surface area contributed by atoms with E-state index in [1.54, 1.807) is 5.57 Å². The minimum absolute atomic E-state index is 0.0783. The first kappa shape index (κ1) is 14.3. The topological polar surface area (TPSA) is 51.2 Å². The van der Waals surface area contributed by atoms with Gasteiger partial charge in [0, 0.05) is 6.54 Å². The summed E-state index contributed by atoms with van der Waals surface area (Å²) >= 11 is 6.76. The van der Waals surface area contributed by atoms with Crippen molar-refractivity contribution in [3.63, 3.8) is 0 Å². The standard InChI is InChI=1S/C13H18Br2N2O/c14-10-7-12(18-13(10)15)11(8-16)17-6-5-9-3-1-2-4-9/h3,7,11,17H,1-2,4-6,8,16H2. The lowest BCUT2D eigenvalue weighted by Crippen LogP contribution is -2.28. The molecule has 0 saturated carbocycles. The third kappa shape index (κ3) is 3.70. The second kappa shape index (κ2) is 6.89. The van der Waals surface area contributed by atoms with Crippen molar-refractivity contribution in [1.82, 2.24) is 5.32 Å². The Bertz CT molecular complexity index is 409. The summed E-state index contributed by atoms with van der Waals surface area (Å²) in [5.41, 5.74) is 7.36. The molecule has 0 radical (unpaired) electrons. The molecule has 1 aliphatic carbocycles. The number of furan rings is 1. The van der Waals surface area contributed by atoms with Crippen LogP contribution in [-0.4, -0.2) is 13.1 Å². The third-order valence-corrected chi connectivity index (χ3v) is 4.93. The molecule has 3 nitrogen and oxygen atoms in total. The van der Waals surface area contributed by atoms with Crippen molar-refractivity contribution in [1.29, 1.82) is 0 Å². The van der Waals surface area contributed by atoms with Crippen molar-refractivity contribution >= 4 is 31.9 Å². The van der Waals surface area contributed by atoms with Gasteiger partial charge in [0.1, 0.15) is 5.76 Å². The molecule has 1 atom stereocenters. The molecule has 1 aliphatic rings. The van der Waals surface area contributed by atoms with E-state index >= 15 is 0 Å². The Balaban J connectivity index is 1.85. The van der Waals surface area contributed by atoms with E-state index in [2.05, 4.69) is 43.3 Å². The number of nitrogens with two attached hydrogens (primary N) is 1. The molecule has 0 saturated heterocycles. The minimum Gasteiger partial charge on any atom is -0.451 e. The van der Waals surface area contributed by atoms with Crippen molar-refractivity contribution in [2.24, 2.45) is 5.73 Å². The molecule has 0 amide bonds. The van der Waals surface area contributed by atoms with Crippen LogP contribution in [0.3, 0.4) is 0 Å². The zero-order valence-electron chi connectivity index (χ0n) is 10.2. The zero-order valence-corrected chi connectivity index (χ0v) is 13.4. The first-order valence-corrected chi connectivity index (χ1v) is 7.85. The van der Waals surface area contributed by atoms with Crippen LogP contribution in [-0.2, 0) is 0 Å². The van der Waals surface area contributed by atoms with Gasteiger partial charge in [-0.3, -0.25) is 0 Å². The van der Waals surface area contributed by atoms with Gasteiger partial charge in [-0.1, -0.05) is 11.6 Å². The number of allylic oxidation sites excluding steroid dienone is 1. The van der Waals surface area contributed by atoms with Crippen LogP contribution in [0.2, 0.25) is 0 Å². The van der Waals surface area contributed by atoms with Crippen LogP contribution >= 0.6 is 31.9 Å². The van der Waals surface area contributed by atoms with Gasteiger partial charge in [0.2, 0.25) is 0 Å². The smallest absolute Gasteiger partial charge is 0.183 e. The van der Waals surface area contributed by atoms with E-state index in [0.717, 1.165) is 27.9 Å². The van der Waals surface area contributed by atoms with E-state index in [9.17, 15) is 0 Å². The highest BCUT2D eigenvalue weighted by atomic mass is 79.9. The first-order valence-electron chi connectivity index (χ1n) is 6.26. The van der Waals surface area contributed by atoms with Gasteiger partial charge in [-0.25, -0.2) is 0 Å². The lowest BCUT2D eigenvalue weighted by Gasteiger charge is -2.14. The van der Waals surface area contributed by atoms with Crippen LogP contribution in [0.4, 0.5) is 0 Å². The molecule has 0 aromatic carbocycles.